The molecule has 1 unspecified atom stereocenters. The van der Waals surface area contributed by atoms with Crippen LogP contribution in [-0.2, 0) is 18.9 Å². The predicted octanol–water partition coefficient (Wildman–Crippen LogP) is -2.44. The fraction of sp³-hybridized carbons (Fsp3) is 0.667. The Bertz CT molecular complexity index is 1090. The highest BCUT2D eigenvalue weighted by atomic mass is 16.7. The first-order chi connectivity index (χ1) is 17.2. The van der Waals surface area contributed by atoms with Crippen LogP contribution in [-0.4, -0.2) is 123 Å². The molecule has 2 saturated heterocycles. The highest BCUT2D eigenvalue weighted by molar-refractivity contribution is 5.88. The van der Waals surface area contributed by atoms with E-state index >= 15 is 0 Å². The molecule has 2 aliphatic heterocycles. The number of rotatable bonds is 7. The second-order valence-electron chi connectivity index (χ2n) is 8.49. The number of aromatic nitrogens is 3. The molecule has 0 amide bonds. The largest absolute Gasteiger partial charge is 0.480 e. The van der Waals surface area contributed by atoms with Gasteiger partial charge in [0.25, 0.3) is 0 Å². The number of nitrogens with zero attached hydrogens (tertiary/aromatic N) is 3. The van der Waals surface area contributed by atoms with E-state index in [1.165, 1.54) is 20.4 Å². The van der Waals surface area contributed by atoms with Crippen molar-refractivity contribution in [1.29, 1.82) is 5.26 Å². The van der Waals surface area contributed by atoms with E-state index in [1.54, 1.807) is 6.92 Å². The number of anilines is 1. The summed E-state index contributed by atoms with van der Waals surface area (Å²) in [6.45, 7) is 1.05. The van der Waals surface area contributed by atoms with Crippen LogP contribution in [0.25, 0.3) is 11.0 Å². The van der Waals surface area contributed by atoms with Crippen molar-refractivity contribution >= 4 is 17.0 Å². The molecule has 4 rings (SSSR count). The third kappa shape index (κ3) is 4.70. The molecule has 7 N–H and O–H groups in total. The number of H-pyrrole nitrogens is 1. The van der Waals surface area contributed by atoms with Gasteiger partial charge in [0.1, 0.15) is 54.4 Å². The van der Waals surface area contributed by atoms with Gasteiger partial charge in [-0.15, -0.1) is 0 Å². The minimum absolute atomic E-state index is 0.000869. The lowest BCUT2D eigenvalue weighted by Crippen LogP contribution is -2.64. The molecule has 0 aromatic carbocycles. The minimum Gasteiger partial charge on any atom is -0.480 e. The van der Waals surface area contributed by atoms with Crippen molar-refractivity contribution in [2.45, 2.75) is 68.3 Å². The molecule has 15 heteroatoms. The summed E-state index contributed by atoms with van der Waals surface area (Å²) in [7, 11) is 2.68. The molecule has 0 bridgehead atoms. The molecule has 4 heterocycles. The van der Waals surface area contributed by atoms with E-state index in [-0.39, 0.29) is 11.8 Å². The van der Waals surface area contributed by atoms with Crippen LogP contribution in [0.3, 0.4) is 0 Å². The van der Waals surface area contributed by atoms with E-state index in [0.717, 1.165) is 0 Å². The van der Waals surface area contributed by atoms with Crippen LogP contribution in [0.15, 0.2) is 6.20 Å². The molecular weight excluding hydrogens is 482 g/mol. The quantitative estimate of drug-likeness (QED) is 0.205. The Morgan fingerprint density at radius 1 is 1.08 bits per heavy atom. The van der Waals surface area contributed by atoms with Gasteiger partial charge in [0.2, 0.25) is 11.8 Å². The van der Waals surface area contributed by atoms with Crippen molar-refractivity contribution in [3.05, 3.63) is 11.8 Å². The van der Waals surface area contributed by atoms with E-state index < -0.39 is 68.0 Å². The number of aromatic amines is 1. The summed E-state index contributed by atoms with van der Waals surface area (Å²) in [5, 5.41) is 64.2. The number of hydrogen-bond donors (Lipinski definition) is 7. The highest BCUT2D eigenvalue weighted by Crippen LogP contribution is 2.31. The number of nitrogens with one attached hydrogen (secondary N) is 2. The van der Waals surface area contributed by atoms with E-state index in [9.17, 15) is 30.8 Å². The monoisotopic (exact) mass is 511 g/mol. The maximum absolute atomic E-state index is 10.8. The topological polar surface area (TPSA) is 225 Å². The molecule has 0 aliphatic carbocycles. The van der Waals surface area contributed by atoms with Crippen molar-refractivity contribution in [3.8, 4) is 11.9 Å². The second kappa shape index (κ2) is 10.8. The minimum atomic E-state index is -1.56. The molecule has 0 saturated carbocycles. The van der Waals surface area contributed by atoms with Gasteiger partial charge in [-0.1, -0.05) is 0 Å². The summed E-state index contributed by atoms with van der Waals surface area (Å²) in [5.74, 6) is 0.120. The van der Waals surface area contributed by atoms with Crippen LogP contribution in [0.2, 0.25) is 0 Å². The molecule has 2 aromatic heterocycles. The van der Waals surface area contributed by atoms with Crippen molar-refractivity contribution in [1.82, 2.24) is 15.0 Å². The molecule has 2 aliphatic rings. The van der Waals surface area contributed by atoms with Crippen LogP contribution < -0.4 is 10.1 Å². The first-order valence-corrected chi connectivity index (χ1v) is 11.2. The fourth-order valence-electron chi connectivity index (χ4n) is 4.39. The Hall–Kier alpha value is -2.65. The zero-order valence-electron chi connectivity index (χ0n) is 19.7. The van der Waals surface area contributed by atoms with Crippen molar-refractivity contribution < 1.29 is 49.2 Å². The Balaban J connectivity index is 1.48. The highest BCUT2D eigenvalue weighted by Gasteiger charge is 2.50. The average Bonchev–Trinajstić information content (AvgIpc) is 3.29. The normalized spacial score (nSPS) is 37.0. The van der Waals surface area contributed by atoms with E-state index in [0.29, 0.717) is 16.6 Å². The number of ether oxygens (including phenoxy) is 5. The van der Waals surface area contributed by atoms with Gasteiger partial charge in [-0.3, -0.25) is 0 Å². The van der Waals surface area contributed by atoms with Gasteiger partial charge in [-0.25, -0.2) is 0 Å². The number of methoxy groups -OCH3 is 2. The Labute approximate surface area is 205 Å². The number of fused-ring (bicyclic) bond motifs is 1. The first kappa shape index (κ1) is 26.4. The predicted molar refractivity (Wildman–Crippen MR) is 119 cm³/mol. The molecule has 0 spiro atoms. The second-order valence-corrected chi connectivity index (χ2v) is 8.49. The van der Waals surface area contributed by atoms with Crippen LogP contribution in [0.4, 0.5) is 5.95 Å². The zero-order chi connectivity index (χ0) is 26.1. The van der Waals surface area contributed by atoms with Gasteiger partial charge in [0.15, 0.2) is 12.5 Å². The molecule has 2 fully saturated rings. The van der Waals surface area contributed by atoms with Gasteiger partial charge < -0.3 is 59.5 Å². The van der Waals surface area contributed by atoms with Crippen molar-refractivity contribution in [2.75, 3.05) is 26.1 Å². The molecule has 0 radical (unpaired) electrons. The van der Waals surface area contributed by atoms with Crippen LogP contribution in [0, 0.1) is 11.3 Å². The van der Waals surface area contributed by atoms with Gasteiger partial charge in [-0.2, -0.15) is 15.2 Å². The molecule has 198 valence electrons. The van der Waals surface area contributed by atoms with E-state index in [4.69, 9.17) is 23.7 Å². The van der Waals surface area contributed by atoms with Gasteiger partial charge in [-0.05, 0) is 6.92 Å². The molecule has 10 atom stereocenters. The molecule has 2 aromatic rings. The average molecular weight is 511 g/mol. The molecular formula is C21H29N5O10. The number of aliphatic hydroxyl groups excluding tert-OH is 5. The van der Waals surface area contributed by atoms with Crippen LogP contribution >= 0.6 is 0 Å². The first-order valence-electron chi connectivity index (χ1n) is 11.2. The van der Waals surface area contributed by atoms with Crippen LogP contribution in [0.1, 0.15) is 12.5 Å². The third-order valence-corrected chi connectivity index (χ3v) is 6.29. The van der Waals surface area contributed by atoms with E-state index in [2.05, 4.69) is 20.3 Å². The van der Waals surface area contributed by atoms with Crippen molar-refractivity contribution in [2.24, 2.45) is 0 Å². The number of hydrogen-bond acceptors (Lipinski definition) is 14. The number of aliphatic hydroxyl groups is 5. The Kier molecular flexibility index (Phi) is 7.90. The lowest BCUT2D eigenvalue weighted by Gasteiger charge is -2.46. The molecule has 15 nitrogen and oxygen atoms in total. The fourth-order valence-corrected chi connectivity index (χ4v) is 4.39. The van der Waals surface area contributed by atoms with Crippen molar-refractivity contribution in [3.63, 3.8) is 0 Å². The third-order valence-electron chi connectivity index (χ3n) is 6.29. The SMILES string of the molecule is COc1nc(NC2O[C@H](C)[C@@H](O[C@@H]3O[C@H](CO)[C@@H](OC)[C@H](O)[C@H]3O)[C@H](O)[C@H]2O)nc2[nH]cc(C#N)c12. The number of nitriles is 1. The smallest absolute Gasteiger partial charge is 0.230 e. The summed E-state index contributed by atoms with van der Waals surface area (Å²) in [4.78, 5) is 11.3. The Morgan fingerprint density at radius 2 is 1.81 bits per heavy atom. The summed E-state index contributed by atoms with van der Waals surface area (Å²) < 4.78 is 27.4. The van der Waals surface area contributed by atoms with Gasteiger partial charge >= 0.3 is 0 Å². The summed E-state index contributed by atoms with van der Waals surface area (Å²) >= 11 is 0. The summed E-state index contributed by atoms with van der Waals surface area (Å²) in [5.41, 5.74) is 0.611. The lowest BCUT2D eigenvalue weighted by atomic mass is 9.97. The standard InChI is InChI=1S/C21H29N5O10/c1-7-15(36-20-14(31)12(29)16(32-2)9(6-27)35-20)11(28)13(30)19(34-7)26-21-24-17-10(18(25-21)33-3)8(4-22)5-23-17/h5,7,9,11-16,19-20,27-31H,6H2,1-3H3,(H2,23,24,25,26)/t7-,9-,11-,12-,13-,14-,15-,16-,19?,20+/m1/s1. The maximum atomic E-state index is 10.8. The van der Waals surface area contributed by atoms with Crippen LogP contribution in [0.5, 0.6) is 5.88 Å². The maximum Gasteiger partial charge on any atom is 0.230 e. The Morgan fingerprint density at radius 3 is 2.44 bits per heavy atom. The zero-order valence-corrected chi connectivity index (χ0v) is 19.7. The summed E-state index contributed by atoms with van der Waals surface area (Å²) in [6, 6.07) is 2.01. The van der Waals surface area contributed by atoms with Gasteiger partial charge in [0, 0.05) is 13.3 Å². The lowest BCUT2D eigenvalue weighted by molar-refractivity contribution is -0.339. The molecule has 36 heavy (non-hydrogen) atoms. The summed E-state index contributed by atoms with van der Waals surface area (Å²) in [6.07, 6.45) is -11.2. The van der Waals surface area contributed by atoms with E-state index in [1.807, 2.05) is 6.07 Å². The van der Waals surface area contributed by atoms with Gasteiger partial charge in [0.05, 0.1) is 30.8 Å².